The zero-order valence-corrected chi connectivity index (χ0v) is 9.84. The highest BCUT2D eigenvalue weighted by molar-refractivity contribution is 4.83. The van der Waals surface area contributed by atoms with Crippen LogP contribution in [0.5, 0.6) is 0 Å². The van der Waals surface area contributed by atoms with Crippen LogP contribution >= 0.6 is 0 Å². The highest BCUT2D eigenvalue weighted by Gasteiger charge is 2.28. The van der Waals surface area contributed by atoms with E-state index in [9.17, 15) is 0 Å². The zero-order valence-electron chi connectivity index (χ0n) is 9.84. The van der Waals surface area contributed by atoms with E-state index < -0.39 is 0 Å². The molecular weight excluding hydrogens is 170 g/mol. The highest BCUT2D eigenvalue weighted by Crippen LogP contribution is 2.32. The topological polar surface area (TPSA) is 3.24 Å². The van der Waals surface area contributed by atoms with Gasteiger partial charge in [0.25, 0.3) is 0 Å². The summed E-state index contributed by atoms with van der Waals surface area (Å²) in [6.07, 6.45) is 8.74. The van der Waals surface area contributed by atoms with Gasteiger partial charge in [-0.2, -0.15) is 0 Å². The lowest BCUT2D eigenvalue weighted by Gasteiger charge is -2.41. The van der Waals surface area contributed by atoms with Crippen LogP contribution in [0.4, 0.5) is 0 Å². The molecule has 1 saturated carbocycles. The molecule has 1 aliphatic carbocycles. The lowest BCUT2D eigenvalue weighted by Crippen LogP contribution is -2.42. The molecule has 2 fully saturated rings. The molecule has 2 aliphatic rings. The van der Waals surface area contributed by atoms with Crippen LogP contribution in [-0.2, 0) is 0 Å². The van der Waals surface area contributed by atoms with Crippen molar-refractivity contribution < 1.29 is 0 Å². The Labute approximate surface area is 88.9 Å². The Morgan fingerprint density at radius 3 is 2.21 bits per heavy atom. The Morgan fingerprint density at radius 2 is 1.57 bits per heavy atom. The van der Waals surface area contributed by atoms with Crippen molar-refractivity contribution in [3.8, 4) is 0 Å². The van der Waals surface area contributed by atoms with Crippen molar-refractivity contribution in [3.63, 3.8) is 0 Å². The van der Waals surface area contributed by atoms with Crippen LogP contribution in [0.3, 0.4) is 0 Å². The minimum absolute atomic E-state index is 0.932. The summed E-state index contributed by atoms with van der Waals surface area (Å²) in [6, 6.07) is 0.932. The molecule has 0 aromatic heterocycles. The Balaban J connectivity index is 1.85. The molecule has 0 radical (unpaired) electrons. The largest absolute Gasteiger partial charge is 0.300 e. The van der Waals surface area contributed by atoms with Gasteiger partial charge in [0.05, 0.1) is 0 Å². The number of piperidine rings is 1. The summed E-state index contributed by atoms with van der Waals surface area (Å²) in [6.45, 7) is 7.63. The average molecular weight is 195 g/mol. The van der Waals surface area contributed by atoms with Crippen LogP contribution < -0.4 is 0 Å². The molecule has 0 aromatic carbocycles. The molecule has 2 rings (SSSR count). The van der Waals surface area contributed by atoms with Crippen LogP contribution in [0.25, 0.3) is 0 Å². The van der Waals surface area contributed by atoms with Crippen molar-refractivity contribution in [2.45, 2.75) is 58.4 Å². The molecule has 0 spiro atoms. The van der Waals surface area contributed by atoms with E-state index in [1.54, 1.807) is 0 Å². The predicted molar refractivity (Wildman–Crippen MR) is 61.4 cm³/mol. The first-order valence-electron chi connectivity index (χ1n) is 6.51. The van der Waals surface area contributed by atoms with Gasteiger partial charge in [-0.05, 0) is 57.0 Å². The molecule has 1 heterocycles. The van der Waals surface area contributed by atoms with Crippen LogP contribution in [0.1, 0.15) is 52.4 Å². The first-order chi connectivity index (χ1) is 6.77. The summed E-state index contributed by atoms with van der Waals surface area (Å²) in [5.74, 6) is 1.92. The van der Waals surface area contributed by atoms with E-state index in [0.717, 1.165) is 17.9 Å². The van der Waals surface area contributed by atoms with Crippen LogP contribution in [0, 0.1) is 11.8 Å². The molecule has 1 saturated heterocycles. The third-order valence-electron chi connectivity index (χ3n) is 4.48. The number of rotatable bonds is 1. The number of likely N-dealkylation sites (tertiary alicyclic amines) is 1. The molecule has 14 heavy (non-hydrogen) atoms. The smallest absolute Gasteiger partial charge is 0.00979 e. The molecule has 0 aromatic rings. The van der Waals surface area contributed by atoms with E-state index in [1.807, 2.05) is 0 Å². The third kappa shape index (κ3) is 2.31. The van der Waals surface area contributed by atoms with Crippen molar-refractivity contribution in [1.29, 1.82) is 0 Å². The second kappa shape index (κ2) is 4.65. The summed E-state index contributed by atoms with van der Waals surface area (Å²) in [5, 5.41) is 0. The lowest BCUT2D eigenvalue weighted by molar-refractivity contribution is 0.0919. The molecule has 1 aliphatic heterocycles. The Kier molecular flexibility index (Phi) is 3.48. The fourth-order valence-electron chi connectivity index (χ4n) is 3.13. The van der Waals surface area contributed by atoms with Gasteiger partial charge in [0.1, 0.15) is 0 Å². The van der Waals surface area contributed by atoms with Gasteiger partial charge < -0.3 is 4.90 Å². The maximum Gasteiger partial charge on any atom is 0.00979 e. The second-order valence-electron chi connectivity index (χ2n) is 5.52. The predicted octanol–water partition coefficient (Wildman–Crippen LogP) is 3.30. The first kappa shape index (κ1) is 10.5. The molecule has 3 unspecified atom stereocenters. The van der Waals surface area contributed by atoms with Crippen LogP contribution in [-0.4, -0.2) is 24.0 Å². The second-order valence-corrected chi connectivity index (χ2v) is 5.52. The monoisotopic (exact) mass is 195 g/mol. The standard InChI is InChI=1S/C13H25N/c1-11-6-7-13(10-12(11)2)14-8-4-3-5-9-14/h11-13H,3-10H2,1-2H3. The molecule has 82 valence electrons. The van der Waals surface area contributed by atoms with Crippen molar-refractivity contribution in [3.05, 3.63) is 0 Å². The van der Waals surface area contributed by atoms with Crippen molar-refractivity contribution in [2.75, 3.05) is 13.1 Å². The fourth-order valence-corrected chi connectivity index (χ4v) is 3.13. The average Bonchev–Trinajstić information content (AvgIpc) is 2.23. The maximum absolute atomic E-state index is 2.77. The third-order valence-corrected chi connectivity index (χ3v) is 4.48. The van der Waals surface area contributed by atoms with Crippen molar-refractivity contribution in [2.24, 2.45) is 11.8 Å². The summed E-state index contributed by atoms with van der Waals surface area (Å²) in [5.41, 5.74) is 0. The zero-order chi connectivity index (χ0) is 9.97. The van der Waals surface area contributed by atoms with E-state index in [0.29, 0.717) is 0 Å². The SMILES string of the molecule is CC1CCC(N2CCCCC2)CC1C. The summed E-state index contributed by atoms with van der Waals surface area (Å²) < 4.78 is 0. The first-order valence-corrected chi connectivity index (χ1v) is 6.51. The molecule has 0 N–H and O–H groups in total. The molecule has 0 amide bonds. The Hall–Kier alpha value is -0.0400. The normalized spacial score (nSPS) is 41.1. The van der Waals surface area contributed by atoms with Gasteiger partial charge in [0.2, 0.25) is 0 Å². The van der Waals surface area contributed by atoms with Crippen molar-refractivity contribution in [1.82, 2.24) is 4.90 Å². The molecule has 3 atom stereocenters. The number of nitrogens with zero attached hydrogens (tertiary/aromatic N) is 1. The minimum Gasteiger partial charge on any atom is -0.300 e. The van der Waals surface area contributed by atoms with Crippen LogP contribution in [0.15, 0.2) is 0 Å². The lowest BCUT2D eigenvalue weighted by atomic mass is 9.78. The summed E-state index contributed by atoms with van der Waals surface area (Å²) in [7, 11) is 0. The molecule has 1 heteroatoms. The van der Waals surface area contributed by atoms with Gasteiger partial charge >= 0.3 is 0 Å². The van der Waals surface area contributed by atoms with E-state index in [4.69, 9.17) is 0 Å². The van der Waals surface area contributed by atoms with Gasteiger partial charge in [-0.3, -0.25) is 0 Å². The van der Waals surface area contributed by atoms with E-state index >= 15 is 0 Å². The Morgan fingerprint density at radius 1 is 0.857 bits per heavy atom. The molecule has 0 bridgehead atoms. The Bertz CT molecular complexity index is 172. The molecular formula is C13H25N. The number of hydrogen-bond donors (Lipinski definition) is 0. The van der Waals surface area contributed by atoms with Gasteiger partial charge in [0, 0.05) is 6.04 Å². The maximum atomic E-state index is 2.77. The van der Waals surface area contributed by atoms with E-state index in [2.05, 4.69) is 18.7 Å². The van der Waals surface area contributed by atoms with Gasteiger partial charge in [-0.25, -0.2) is 0 Å². The highest BCUT2D eigenvalue weighted by atomic mass is 15.2. The van der Waals surface area contributed by atoms with Gasteiger partial charge in [0.15, 0.2) is 0 Å². The fraction of sp³-hybridized carbons (Fsp3) is 1.00. The number of hydrogen-bond acceptors (Lipinski definition) is 1. The molecule has 1 nitrogen and oxygen atoms in total. The van der Waals surface area contributed by atoms with E-state index in [1.165, 1.54) is 51.6 Å². The van der Waals surface area contributed by atoms with Crippen LogP contribution in [0.2, 0.25) is 0 Å². The summed E-state index contributed by atoms with van der Waals surface area (Å²) in [4.78, 5) is 2.77. The van der Waals surface area contributed by atoms with Crippen molar-refractivity contribution >= 4 is 0 Å². The van der Waals surface area contributed by atoms with Gasteiger partial charge in [-0.1, -0.05) is 20.3 Å². The van der Waals surface area contributed by atoms with E-state index in [-0.39, 0.29) is 0 Å². The summed E-state index contributed by atoms with van der Waals surface area (Å²) >= 11 is 0. The quantitative estimate of drug-likeness (QED) is 0.620. The minimum atomic E-state index is 0.932. The van der Waals surface area contributed by atoms with Gasteiger partial charge in [-0.15, -0.1) is 0 Å².